The van der Waals surface area contributed by atoms with Gasteiger partial charge in [0.1, 0.15) is 12.2 Å². The lowest BCUT2D eigenvalue weighted by molar-refractivity contribution is -0.125. The molecule has 0 aliphatic carbocycles. The van der Waals surface area contributed by atoms with Gasteiger partial charge in [-0.05, 0) is 23.3 Å². The van der Waals surface area contributed by atoms with Gasteiger partial charge in [0, 0.05) is 22.3 Å². The summed E-state index contributed by atoms with van der Waals surface area (Å²) in [6, 6.07) is 14.4. The number of hydrogen-bond donors (Lipinski definition) is 2. The second-order valence-electron chi connectivity index (χ2n) is 6.47. The van der Waals surface area contributed by atoms with E-state index in [2.05, 4.69) is 27.3 Å². The fourth-order valence-corrected chi connectivity index (χ4v) is 3.87. The summed E-state index contributed by atoms with van der Waals surface area (Å²) in [4.78, 5) is 17.3. The third-order valence-electron chi connectivity index (χ3n) is 4.67. The highest BCUT2D eigenvalue weighted by atomic mass is 35.5. The first kappa shape index (κ1) is 18.5. The van der Waals surface area contributed by atoms with Crippen LogP contribution in [0.25, 0.3) is 0 Å². The number of fused-ring (bicyclic) bond motifs is 1. The van der Waals surface area contributed by atoms with Gasteiger partial charge >= 0.3 is 0 Å². The Morgan fingerprint density at radius 3 is 2.75 bits per heavy atom. The summed E-state index contributed by atoms with van der Waals surface area (Å²) < 4.78 is 1.65. The number of nitrogens with one attached hydrogen (secondary N) is 2. The monoisotopic (exact) mass is 413 g/mol. The summed E-state index contributed by atoms with van der Waals surface area (Å²) in [5.74, 6) is -0.303. The summed E-state index contributed by atoms with van der Waals surface area (Å²) in [5, 5.41) is 11.3. The first-order chi connectivity index (χ1) is 13.5. The predicted octanol–water partition coefficient (Wildman–Crippen LogP) is 4.05. The van der Waals surface area contributed by atoms with Gasteiger partial charge in [-0.15, -0.1) is 0 Å². The molecule has 6 nitrogen and oxygen atoms in total. The van der Waals surface area contributed by atoms with Crippen molar-refractivity contribution in [1.29, 1.82) is 0 Å². The van der Waals surface area contributed by atoms with Crippen molar-refractivity contribution >= 4 is 35.1 Å². The largest absolute Gasteiger partial charge is 0.351 e. The lowest BCUT2D eigenvalue weighted by Gasteiger charge is -2.34. The Bertz CT molecular complexity index is 1030. The maximum atomic E-state index is 13.1. The second kappa shape index (κ2) is 7.66. The fraction of sp³-hybridized carbons (Fsp3) is 0.150. The van der Waals surface area contributed by atoms with Gasteiger partial charge in [0.2, 0.25) is 11.9 Å². The summed E-state index contributed by atoms with van der Waals surface area (Å²) in [6.07, 6.45) is 1.43. The summed E-state index contributed by atoms with van der Waals surface area (Å²) in [7, 11) is 0. The average Bonchev–Trinajstić information content (AvgIpc) is 3.14. The maximum absolute atomic E-state index is 13.1. The van der Waals surface area contributed by atoms with Crippen molar-refractivity contribution < 1.29 is 4.79 Å². The molecule has 0 radical (unpaired) electrons. The standard InChI is InChI=1S/C20H17Cl2N5O/c1-12-17(19(28)23-10-13-5-3-2-4-6-13)18(27-20(26-12)24-11-25-27)15-8-7-14(21)9-16(15)22/h2-9,11,17-18H,1,10H2,(H,23,28)(H,24,25,26)/t17-,18+/m1/s1. The minimum absolute atomic E-state index is 0.182. The van der Waals surface area contributed by atoms with Crippen molar-refractivity contribution in [2.45, 2.75) is 12.6 Å². The number of carbonyl (C=O) groups excluding carboxylic acids is 1. The fourth-order valence-electron chi connectivity index (χ4n) is 3.35. The van der Waals surface area contributed by atoms with Crippen LogP contribution < -0.4 is 10.6 Å². The molecule has 3 aromatic rings. The van der Waals surface area contributed by atoms with E-state index >= 15 is 0 Å². The average molecular weight is 414 g/mol. The minimum Gasteiger partial charge on any atom is -0.351 e. The van der Waals surface area contributed by atoms with Gasteiger partial charge in [0.05, 0.1) is 6.04 Å². The quantitative estimate of drug-likeness (QED) is 0.676. The normalized spacial score (nSPS) is 18.3. The molecule has 0 spiro atoms. The molecule has 2 aromatic carbocycles. The Balaban J connectivity index is 1.69. The van der Waals surface area contributed by atoms with Crippen LogP contribution in [-0.4, -0.2) is 20.7 Å². The van der Waals surface area contributed by atoms with Gasteiger partial charge in [0.15, 0.2) is 0 Å². The van der Waals surface area contributed by atoms with Gasteiger partial charge in [-0.2, -0.15) is 10.1 Å². The molecule has 0 saturated heterocycles. The van der Waals surface area contributed by atoms with E-state index in [0.717, 1.165) is 11.1 Å². The SMILES string of the molecule is C=C1Nc2ncnn2[C@@H](c2ccc(Cl)cc2Cl)[C@@H]1C(=O)NCc1ccccc1. The first-order valence-electron chi connectivity index (χ1n) is 8.66. The number of benzene rings is 2. The zero-order valence-electron chi connectivity index (χ0n) is 14.8. The van der Waals surface area contributed by atoms with Crippen LogP contribution in [0.1, 0.15) is 17.2 Å². The molecule has 0 fully saturated rings. The third kappa shape index (κ3) is 3.48. The number of nitrogens with zero attached hydrogens (tertiary/aromatic N) is 3. The molecule has 0 bridgehead atoms. The number of anilines is 1. The molecule has 2 N–H and O–H groups in total. The molecule has 2 heterocycles. The lowest BCUT2D eigenvalue weighted by atomic mass is 9.88. The Hall–Kier alpha value is -2.83. The van der Waals surface area contributed by atoms with E-state index in [4.69, 9.17) is 23.2 Å². The molecule has 8 heteroatoms. The van der Waals surface area contributed by atoms with Crippen LogP contribution in [0.15, 0.2) is 67.1 Å². The van der Waals surface area contributed by atoms with E-state index < -0.39 is 12.0 Å². The third-order valence-corrected chi connectivity index (χ3v) is 5.24. The number of rotatable bonds is 4. The zero-order chi connectivity index (χ0) is 19.7. The van der Waals surface area contributed by atoms with Crippen molar-refractivity contribution in [3.05, 3.63) is 88.3 Å². The van der Waals surface area contributed by atoms with Gasteiger partial charge in [-0.1, -0.05) is 66.2 Å². The number of hydrogen-bond acceptors (Lipinski definition) is 4. The van der Waals surface area contributed by atoms with E-state index in [1.165, 1.54) is 6.33 Å². The van der Waals surface area contributed by atoms with Crippen LogP contribution in [0.4, 0.5) is 5.95 Å². The van der Waals surface area contributed by atoms with Gasteiger partial charge in [0.25, 0.3) is 0 Å². The molecule has 2 atom stereocenters. The van der Waals surface area contributed by atoms with Crippen LogP contribution in [0.5, 0.6) is 0 Å². The molecule has 1 aliphatic heterocycles. The number of carbonyl (C=O) groups is 1. The summed E-state index contributed by atoms with van der Waals surface area (Å²) in [5.41, 5.74) is 2.26. The van der Waals surface area contributed by atoms with Gasteiger partial charge in [-0.3, -0.25) is 4.79 Å². The van der Waals surface area contributed by atoms with E-state index in [9.17, 15) is 4.79 Å². The van der Waals surface area contributed by atoms with E-state index in [1.54, 1.807) is 22.9 Å². The highest BCUT2D eigenvalue weighted by molar-refractivity contribution is 6.35. The molecular formula is C20H17Cl2N5O. The van der Waals surface area contributed by atoms with Gasteiger partial charge < -0.3 is 10.6 Å². The molecule has 0 saturated carbocycles. The zero-order valence-corrected chi connectivity index (χ0v) is 16.3. The van der Waals surface area contributed by atoms with Crippen LogP contribution >= 0.6 is 23.2 Å². The highest BCUT2D eigenvalue weighted by Crippen LogP contribution is 2.40. The minimum atomic E-state index is -0.628. The van der Waals surface area contributed by atoms with Gasteiger partial charge in [-0.25, -0.2) is 4.68 Å². The van der Waals surface area contributed by atoms with E-state index in [-0.39, 0.29) is 5.91 Å². The summed E-state index contributed by atoms with van der Waals surface area (Å²) in [6.45, 7) is 4.46. The lowest BCUT2D eigenvalue weighted by Crippen LogP contribution is -2.42. The Kier molecular flexibility index (Phi) is 5.07. The van der Waals surface area contributed by atoms with Crippen molar-refractivity contribution in [2.75, 3.05) is 5.32 Å². The van der Waals surface area contributed by atoms with Crippen LogP contribution in [0, 0.1) is 5.92 Å². The van der Waals surface area contributed by atoms with Crippen molar-refractivity contribution in [3.8, 4) is 0 Å². The molecule has 4 rings (SSSR count). The highest BCUT2D eigenvalue weighted by Gasteiger charge is 2.40. The molecule has 0 unspecified atom stereocenters. The van der Waals surface area contributed by atoms with Crippen LogP contribution in [0.3, 0.4) is 0 Å². The van der Waals surface area contributed by atoms with Crippen molar-refractivity contribution in [3.63, 3.8) is 0 Å². The number of aromatic nitrogens is 3. The molecular weight excluding hydrogens is 397 g/mol. The van der Waals surface area contributed by atoms with Crippen molar-refractivity contribution in [2.24, 2.45) is 5.92 Å². The Labute approximate surface area is 172 Å². The second-order valence-corrected chi connectivity index (χ2v) is 7.31. The summed E-state index contributed by atoms with van der Waals surface area (Å²) >= 11 is 12.5. The smallest absolute Gasteiger partial charge is 0.231 e. The number of halogens is 2. The van der Waals surface area contributed by atoms with Crippen molar-refractivity contribution in [1.82, 2.24) is 20.1 Å². The number of amides is 1. The van der Waals surface area contributed by atoms with E-state index in [1.807, 2.05) is 30.3 Å². The topological polar surface area (TPSA) is 71.8 Å². The molecule has 142 valence electrons. The first-order valence-corrected chi connectivity index (χ1v) is 9.42. The molecule has 1 aromatic heterocycles. The predicted molar refractivity (Wildman–Crippen MR) is 109 cm³/mol. The molecule has 1 aliphatic rings. The Morgan fingerprint density at radius 2 is 2.00 bits per heavy atom. The maximum Gasteiger partial charge on any atom is 0.231 e. The molecule has 28 heavy (non-hydrogen) atoms. The van der Waals surface area contributed by atoms with Crippen LogP contribution in [-0.2, 0) is 11.3 Å². The Morgan fingerprint density at radius 1 is 1.21 bits per heavy atom. The van der Waals surface area contributed by atoms with Crippen LogP contribution in [0.2, 0.25) is 10.0 Å². The van der Waals surface area contributed by atoms with E-state index in [0.29, 0.717) is 28.2 Å². The molecule has 1 amide bonds.